The fourth-order valence-corrected chi connectivity index (χ4v) is 10.3. The van der Waals surface area contributed by atoms with Gasteiger partial charge in [-0.3, -0.25) is 14.4 Å². The van der Waals surface area contributed by atoms with E-state index in [1.807, 2.05) is 0 Å². The van der Waals surface area contributed by atoms with Gasteiger partial charge in [-0.15, -0.1) is 0 Å². The predicted molar refractivity (Wildman–Crippen MR) is 312 cm³/mol. The van der Waals surface area contributed by atoms with E-state index >= 15 is 0 Å². The summed E-state index contributed by atoms with van der Waals surface area (Å²) in [4.78, 5) is 38.3. The summed E-state index contributed by atoms with van der Waals surface area (Å²) in [5.41, 5.74) is 0. The van der Waals surface area contributed by atoms with E-state index in [1.54, 1.807) is 0 Å². The maximum atomic E-state index is 12.9. The highest BCUT2D eigenvalue weighted by Gasteiger charge is 2.19. The van der Waals surface area contributed by atoms with Crippen molar-refractivity contribution in [1.82, 2.24) is 0 Å². The molecule has 0 bridgehead atoms. The fourth-order valence-electron chi connectivity index (χ4n) is 10.3. The minimum atomic E-state index is -0.763. The molecule has 0 aliphatic heterocycles. The second-order valence-electron chi connectivity index (χ2n) is 23.0. The molecule has 6 nitrogen and oxygen atoms in total. The highest BCUT2D eigenvalue weighted by Crippen LogP contribution is 2.19. The lowest BCUT2D eigenvalue weighted by atomic mass is 9.99. The molecule has 1 unspecified atom stereocenters. The Morgan fingerprint density at radius 2 is 0.486 bits per heavy atom. The first-order valence-electron chi connectivity index (χ1n) is 32.9. The van der Waals surface area contributed by atoms with E-state index in [4.69, 9.17) is 14.2 Å². The maximum absolute atomic E-state index is 12.9. The van der Waals surface area contributed by atoms with Crippen molar-refractivity contribution >= 4 is 17.9 Å². The van der Waals surface area contributed by atoms with E-state index in [0.29, 0.717) is 19.3 Å². The summed E-state index contributed by atoms with van der Waals surface area (Å²) in [5.74, 6) is 0.0851. The molecule has 0 aliphatic carbocycles. The second-order valence-corrected chi connectivity index (χ2v) is 23.0. The Bertz CT molecular complexity index is 1090. The van der Waals surface area contributed by atoms with Crippen molar-refractivity contribution in [2.75, 3.05) is 13.2 Å². The van der Waals surface area contributed by atoms with Crippen molar-refractivity contribution in [3.63, 3.8) is 0 Å². The number of hydrogen-bond donors (Lipinski definition) is 0. The number of carbonyl (C=O) groups excluding carboxylic acids is 3. The Hall–Kier alpha value is -1.59. The largest absolute Gasteiger partial charge is 0.462 e. The molecule has 0 fully saturated rings. The van der Waals surface area contributed by atoms with E-state index in [9.17, 15) is 14.4 Å². The molecule has 72 heavy (non-hydrogen) atoms. The molecule has 428 valence electrons. The van der Waals surface area contributed by atoms with Gasteiger partial charge in [0.1, 0.15) is 13.2 Å². The molecule has 0 rings (SSSR count). The Morgan fingerprint density at radius 3 is 0.722 bits per heavy atom. The van der Waals surface area contributed by atoms with Crippen LogP contribution in [0.25, 0.3) is 0 Å². The summed E-state index contributed by atoms with van der Waals surface area (Å²) in [7, 11) is 0. The number of carbonyl (C=O) groups is 3. The zero-order valence-corrected chi connectivity index (χ0v) is 49.4. The molecule has 0 heterocycles. The highest BCUT2D eigenvalue weighted by atomic mass is 16.6. The minimum absolute atomic E-state index is 0.0609. The van der Waals surface area contributed by atoms with Crippen LogP contribution in [0.5, 0.6) is 0 Å². The van der Waals surface area contributed by atoms with E-state index in [0.717, 1.165) is 63.7 Å². The number of esters is 3. The lowest BCUT2D eigenvalue weighted by molar-refractivity contribution is -0.167. The summed E-state index contributed by atoms with van der Waals surface area (Å²) in [6.45, 7) is 9.14. The lowest BCUT2D eigenvalue weighted by Gasteiger charge is -2.18. The average molecular weight is 1020 g/mol. The molecule has 0 amide bonds. The van der Waals surface area contributed by atoms with Crippen molar-refractivity contribution < 1.29 is 28.6 Å². The molecule has 0 aromatic carbocycles. The van der Waals surface area contributed by atoms with E-state index in [2.05, 4.69) is 27.7 Å². The van der Waals surface area contributed by atoms with Crippen LogP contribution in [0.2, 0.25) is 0 Å². The third kappa shape index (κ3) is 57.7. The first-order valence-corrected chi connectivity index (χ1v) is 32.9. The zero-order chi connectivity index (χ0) is 52.3. The number of hydrogen-bond acceptors (Lipinski definition) is 6. The Balaban J connectivity index is 4.25. The van der Waals surface area contributed by atoms with Crippen LogP contribution in [0.3, 0.4) is 0 Å². The second kappa shape index (κ2) is 60.3. The molecule has 0 radical (unpaired) electrons. The Labute approximate surface area is 450 Å². The van der Waals surface area contributed by atoms with Crippen LogP contribution in [0.1, 0.15) is 381 Å². The maximum Gasteiger partial charge on any atom is 0.306 e. The SMILES string of the molecule is CCCCCCCCCCCCCCCCCCC(=O)OC[C@H](COC(=O)CCCCCCCCCCCCCCCCCCCCC(C)CC)OC(=O)CCCCCCCCCCCCCCCCCC. The molecule has 0 saturated carbocycles. The lowest BCUT2D eigenvalue weighted by Crippen LogP contribution is -2.30. The van der Waals surface area contributed by atoms with Crippen molar-refractivity contribution in [3.8, 4) is 0 Å². The van der Waals surface area contributed by atoms with Crippen LogP contribution in [-0.2, 0) is 28.6 Å². The monoisotopic (exact) mass is 1020 g/mol. The number of rotatable bonds is 61. The smallest absolute Gasteiger partial charge is 0.306 e. The van der Waals surface area contributed by atoms with Gasteiger partial charge in [-0.05, 0) is 25.2 Å². The van der Waals surface area contributed by atoms with Gasteiger partial charge in [-0.25, -0.2) is 0 Å². The molecule has 6 heteroatoms. The average Bonchev–Trinajstić information content (AvgIpc) is 3.38. The highest BCUT2D eigenvalue weighted by molar-refractivity contribution is 5.71. The Kier molecular flexibility index (Phi) is 58.9. The molecule has 0 saturated heterocycles. The van der Waals surface area contributed by atoms with E-state index in [-0.39, 0.29) is 31.1 Å². The summed E-state index contributed by atoms with van der Waals surface area (Å²) >= 11 is 0. The van der Waals surface area contributed by atoms with Crippen molar-refractivity contribution in [1.29, 1.82) is 0 Å². The van der Waals surface area contributed by atoms with Crippen molar-refractivity contribution in [3.05, 3.63) is 0 Å². The molecule has 2 atom stereocenters. The summed E-state index contributed by atoms with van der Waals surface area (Å²) < 4.78 is 17.0. The first kappa shape index (κ1) is 70.4. The Morgan fingerprint density at radius 1 is 0.278 bits per heavy atom. The van der Waals surface area contributed by atoms with Gasteiger partial charge in [-0.1, -0.05) is 342 Å². The molecule has 0 aromatic heterocycles. The van der Waals surface area contributed by atoms with Gasteiger partial charge in [0.25, 0.3) is 0 Å². The van der Waals surface area contributed by atoms with Gasteiger partial charge in [0.15, 0.2) is 6.10 Å². The minimum Gasteiger partial charge on any atom is -0.462 e. The standard InChI is InChI=1S/C66H128O6/c1-5-8-10-12-14-16-18-20-22-29-33-37-41-45-49-53-57-64(67)70-60-63(72-66(69)59-55-51-47-43-39-35-30-23-21-19-17-15-13-11-9-6-2)61-71-65(68)58-54-50-46-42-38-34-31-27-25-24-26-28-32-36-40-44-48-52-56-62(4)7-3/h62-63H,5-61H2,1-4H3/t62?,63-/m1/s1. The van der Waals surface area contributed by atoms with Crippen LogP contribution >= 0.6 is 0 Å². The van der Waals surface area contributed by atoms with E-state index in [1.165, 1.54) is 276 Å². The van der Waals surface area contributed by atoms with Crippen LogP contribution in [0, 0.1) is 5.92 Å². The van der Waals surface area contributed by atoms with Gasteiger partial charge in [-0.2, -0.15) is 0 Å². The molecular formula is C66H128O6. The van der Waals surface area contributed by atoms with Gasteiger partial charge in [0, 0.05) is 19.3 Å². The fraction of sp³-hybridized carbons (Fsp3) is 0.955. The topological polar surface area (TPSA) is 78.9 Å². The molecular weight excluding hydrogens is 889 g/mol. The summed E-state index contributed by atoms with van der Waals surface area (Å²) in [6.07, 6.45) is 68.1. The summed E-state index contributed by atoms with van der Waals surface area (Å²) in [5, 5.41) is 0. The van der Waals surface area contributed by atoms with Crippen LogP contribution in [0.4, 0.5) is 0 Å². The van der Waals surface area contributed by atoms with Crippen LogP contribution in [0.15, 0.2) is 0 Å². The number of unbranched alkanes of at least 4 members (excludes halogenated alkanes) is 47. The number of ether oxygens (including phenoxy) is 3. The molecule has 0 aromatic rings. The van der Waals surface area contributed by atoms with Gasteiger partial charge >= 0.3 is 17.9 Å². The van der Waals surface area contributed by atoms with Gasteiger partial charge in [0.05, 0.1) is 0 Å². The van der Waals surface area contributed by atoms with Crippen molar-refractivity contribution in [2.24, 2.45) is 5.92 Å². The van der Waals surface area contributed by atoms with Gasteiger partial charge in [0.2, 0.25) is 0 Å². The van der Waals surface area contributed by atoms with Crippen LogP contribution < -0.4 is 0 Å². The molecule has 0 N–H and O–H groups in total. The third-order valence-corrected chi connectivity index (χ3v) is 15.7. The molecule has 0 aliphatic rings. The molecule has 0 spiro atoms. The summed E-state index contributed by atoms with van der Waals surface area (Å²) in [6, 6.07) is 0. The van der Waals surface area contributed by atoms with Gasteiger partial charge < -0.3 is 14.2 Å². The first-order chi connectivity index (χ1) is 35.4. The zero-order valence-electron chi connectivity index (χ0n) is 49.4. The van der Waals surface area contributed by atoms with E-state index < -0.39 is 6.10 Å². The van der Waals surface area contributed by atoms with Crippen LogP contribution in [-0.4, -0.2) is 37.2 Å². The quantitative estimate of drug-likeness (QED) is 0.0343. The third-order valence-electron chi connectivity index (χ3n) is 15.7. The normalized spacial score (nSPS) is 12.3. The van der Waals surface area contributed by atoms with Crippen molar-refractivity contribution in [2.45, 2.75) is 387 Å². The predicted octanol–water partition coefficient (Wildman–Crippen LogP) is 22.1.